The lowest BCUT2D eigenvalue weighted by Crippen LogP contribution is -2.15. The van der Waals surface area contributed by atoms with Crippen LogP contribution in [0.5, 0.6) is 0 Å². The van der Waals surface area contributed by atoms with Crippen molar-refractivity contribution in [2.75, 3.05) is 7.11 Å². The number of benzene rings is 1. The lowest BCUT2D eigenvalue weighted by Gasteiger charge is -2.05. The third-order valence-corrected chi connectivity index (χ3v) is 2.71. The number of furan rings is 1. The van der Waals surface area contributed by atoms with Gasteiger partial charge in [-0.05, 0) is 12.1 Å². The second kappa shape index (κ2) is 6.15. The molecule has 0 atom stereocenters. The van der Waals surface area contributed by atoms with Crippen molar-refractivity contribution in [3.8, 4) is 0 Å². The smallest absolute Gasteiger partial charge is 0.374 e. The van der Waals surface area contributed by atoms with Gasteiger partial charge < -0.3 is 14.5 Å². The van der Waals surface area contributed by atoms with Crippen LogP contribution in [0.15, 0.2) is 41.0 Å². The first-order valence-electron chi connectivity index (χ1n) is 5.81. The Balaban J connectivity index is 1.95. The van der Waals surface area contributed by atoms with Crippen LogP contribution in [0.25, 0.3) is 0 Å². The van der Waals surface area contributed by atoms with Crippen LogP contribution < -0.4 is 5.32 Å². The van der Waals surface area contributed by atoms with Gasteiger partial charge in [-0.3, -0.25) is 0 Å². The van der Waals surface area contributed by atoms with Crippen LogP contribution in [-0.2, 0) is 17.8 Å². The molecule has 0 amide bonds. The maximum Gasteiger partial charge on any atom is 0.374 e. The Hall–Kier alpha value is -2.14. The fourth-order valence-electron chi connectivity index (χ4n) is 1.72. The third kappa shape index (κ3) is 3.20. The number of nitrogens with one attached hydrogen (secondary N) is 1. The monoisotopic (exact) mass is 263 g/mol. The van der Waals surface area contributed by atoms with E-state index < -0.39 is 5.97 Å². The van der Waals surface area contributed by atoms with Crippen molar-refractivity contribution in [2.45, 2.75) is 13.1 Å². The quantitative estimate of drug-likeness (QED) is 0.842. The summed E-state index contributed by atoms with van der Waals surface area (Å²) < 4.78 is 23.0. The fraction of sp³-hybridized carbons (Fsp3) is 0.214. The van der Waals surface area contributed by atoms with E-state index >= 15 is 0 Å². The molecule has 1 heterocycles. The minimum atomic E-state index is -0.521. The van der Waals surface area contributed by atoms with Crippen LogP contribution in [0, 0.1) is 5.82 Å². The number of carbonyl (C=O) groups excluding carboxylic acids is 1. The molecule has 100 valence electrons. The zero-order chi connectivity index (χ0) is 13.7. The van der Waals surface area contributed by atoms with E-state index in [0.29, 0.717) is 24.2 Å². The van der Waals surface area contributed by atoms with E-state index in [9.17, 15) is 9.18 Å². The summed E-state index contributed by atoms with van der Waals surface area (Å²) in [6.07, 6.45) is 1.42. The summed E-state index contributed by atoms with van der Waals surface area (Å²) in [5.41, 5.74) is 1.26. The standard InChI is InChI=1S/C14H14FNO3/c1-18-14(17)13-11(6-7-19-13)9-16-8-10-4-2-3-5-12(10)15/h2-7,16H,8-9H2,1H3. The van der Waals surface area contributed by atoms with Crippen molar-refractivity contribution in [1.82, 2.24) is 5.32 Å². The molecular formula is C14H14FNO3. The molecule has 0 fully saturated rings. The molecule has 0 radical (unpaired) electrons. The summed E-state index contributed by atoms with van der Waals surface area (Å²) in [5, 5.41) is 3.06. The molecule has 1 aromatic heterocycles. The molecule has 0 bridgehead atoms. The van der Waals surface area contributed by atoms with Gasteiger partial charge in [0.25, 0.3) is 0 Å². The first kappa shape index (κ1) is 13.3. The van der Waals surface area contributed by atoms with Crippen LogP contribution >= 0.6 is 0 Å². The minimum absolute atomic E-state index is 0.170. The zero-order valence-electron chi connectivity index (χ0n) is 10.5. The number of halogens is 1. The first-order valence-corrected chi connectivity index (χ1v) is 5.81. The normalized spacial score (nSPS) is 10.4. The van der Waals surface area contributed by atoms with Crippen LogP contribution in [0.1, 0.15) is 21.7 Å². The van der Waals surface area contributed by atoms with Gasteiger partial charge in [0.2, 0.25) is 5.76 Å². The highest BCUT2D eigenvalue weighted by molar-refractivity contribution is 5.87. The largest absolute Gasteiger partial charge is 0.463 e. The van der Waals surface area contributed by atoms with Gasteiger partial charge in [-0.2, -0.15) is 0 Å². The van der Waals surface area contributed by atoms with Crippen molar-refractivity contribution >= 4 is 5.97 Å². The Morgan fingerprint density at radius 1 is 1.26 bits per heavy atom. The molecule has 2 aromatic rings. The molecule has 1 N–H and O–H groups in total. The Morgan fingerprint density at radius 3 is 2.74 bits per heavy atom. The van der Waals surface area contributed by atoms with Gasteiger partial charge in [-0.25, -0.2) is 9.18 Å². The average Bonchev–Trinajstić information content (AvgIpc) is 2.88. The maximum atomic E-state index is 13.4. The summed E-state index contributed by atoms with van der Waals surface area (Å²) in [7, 11) is 1.29. The number of rotatable bonds is 5. The first-order chi connectivity index (χ1) is 9.22. The van der Waals surface area contributed by atoms with Crippen molar-refractivity contribution in [3.05, 3.63) is 59.3 Å². The number of methoxy groups -OCH3 is 1. The molecule has 1 aromatic carbocycles. The molecule has 0 aliphatic carbocycles. The van der Waals surface area contributed by atoms with E-state index in [1.807, 2.05) is 0 Å². The van der Waals surface area contributed by atoms with Crippen molar-refractivity contribution in [2.24, 2.45) is 0 Å². The van der Waals surface area contributed by atoms with E-state index in [1.165, 1.54) is 19.4 Å². The highest BCUT2D eigenvalue weighted by atomic mass is 19.1. The maximum absolute atomic E-state index is 13.4. The molecule has 0 saturated heterocycles. The molecule has 19 heavy (non-hydrogen) atoms. The second-order valence-electron chi connectivity index (χ2n) is 3.96. The Labute approximate surface area is 110 Å². The van der Waals surface area contributed by atoms with Crippen molar-refractivity contribution in [1.29, 1.82) is 0 Å². The highest BCUT2D eigenvalue weighted by Gasteiger charge is 2.15. The molecule has 0 unspecified atom stereocenters. The molecule has 4 nitrogen and oxygen atoms in total. The molecule has 0 aliphatic heterocycles. The van der Waals surface area contributed by atoms with E-state index in [1.54, 1.807) is 24.3 Å². The number of hydrogen-bond acceptors (Lipinski definition) is 4. The predicted octanol–water partition coefficient (Wildman–Crippen LogP) is 2.50. The summed E-state index contributed by atoms with van der Waals surface area (Å²) in [5.74, 6) is -0.605. The Kier molecular flexibility index (Phi) is 4.30. The summed E-state index contributed by atoms with van der Waals surface area (Å²) in [4.78, 5) is 11.4. The highest BCUT2D eigenvalue weighted by Crippen LogP contribution is 2.12. The fourth-order valence-corrected chi connectivity index (χ4v) is 1.72. The van der Waals surface area contributed by atoms with Gasteiger partial charge in [-0.1, -0.05) is 18.2 Å². The number of ether oxygens (including phenoxy) is 1. The predicted molar refractivity (Wildman–Crippen MR) is 67.0 cm³/mol. The minimum Gasteiger partial charge on any atom is -0.463 e. The van der Waals surface area contributed by atoms with Crippen LogP contribution in [0.2, 0.25) is 0 Å². The van der Waals surface area contributed by atoms with Gasteiger partial charge in [0.05, 0.1) is 13.4 Å². The zero-order valence-corrected chi connectivity index (χ0v) is 10.5. The lowest BCUT2D eigenvalue weighted by atomic mass is 10.2. The third-order valence-electron chi connectivity index (χ3n) is 2.71. The molecular weight excluding hydrogens is 249 g/mol. The van der Waals surface area contributed by atoms with E-state index in [2.05, 4.69) is 10.1 Å². The summed E-state index contributed by atoms with van der Waals surface area (Å²) in [6.45, 7) is 0.772. The van der Waals surface area contributed by atoms with Gasteiger partial charge in [-0.15, -0.1) is 0 Å². The lowest BCUT2D eigenvalue weighted by molar-refractivity contribution is 0.0563. The molecule has 0 saturated carbocycles. The van der Waals surface area contributed by atoms with Gasteiger partial charge in [0.1, 0.15) is 5.82 Å². The number of esters is 1. The Morgan fingerprint density at radius 2 is 2.00 bits per heavy atom. The molecule has 2 rings (SSSR count). The Bertz CT molecular complexity index is 565. The SMILES string of the molecule is COC(=O)c1occc1CNCc1ccccc1F. The second-order valence-corrected chi connectivity index (χ2v) is 3.96. The molecule has 0 spiro atoms. The van der Waals surface area contributed by atoms with Crippen LogP contribution in [0.3, 0.4) is 0 Å². The van der Waals surface area contributed by atoms with E-state index in [0.717, 1.165) is 0 Å². The van der Waals surface area contributed by atoms with Crippen molar-refractivity contribution < 1.29 is 18.3 Å². The topological polar surface area (TPSA) is 51.5 Å². The summed E-state index contributed by atoms with van der Waals surface area (Å²) in [6, 6.07) is 8.22. The van der Waals surface area contributed by atoms with Gasteiger partial charge >= 0.3 is 5.97 Å². The van der Waals surface area contributed by atoms with Crippen LogP contribution in [-0.4, -0.2) is 13.1 Å². The van der Waals surface area contributed by atoms with Gasteiger partial charge in [0.15, 0.2) is 0 Å². The van der Waals surface area contributed by atoms with E-state index in [4.69, 9.17) is 4.42 Å². The summed E-state index contributed by atoms with van der Waals surface area (Å²) >= 11 is 0. The molecule has 5 heteroatoms. The molecule has 0 aliphatic rings. The van der Waals surface area contributed by atoms with Crippen molar-refractivity contribution in [3.63, 3.8) is 0 Å². The van der Waals surface area contributed by atoms with Gasteiger partial charge in [0, 0.05) is 24.2 Å². The number of carbonyl (C=O) groups is 1. The van der Waals surface area contributed by atoms with E-state index in [-0.39, 0.29) is 11.6 Å². The average molecular weight is 263 g/mol. The van der Waals surface area contributed by atoms with Crippen LogP contribution in [0.4, 0.5) is 4.39 Å². The number of hydrogen-bond donors (Lipinski definition) is 1.